The fraction of sp³-hybridized carbons (Fsp3) is 0.250. The van der Waals surface area contributed by atoms with E-state index < -0.39 is 0 Å². The largest absolute Gasteiger partial charge is 0.294 e. The lowest BCUT2D eigenvalue weighted by atomic mass is 9.97. The second kappa shape index (κ2) is 3.56. The van der Waals surface area contributed by atoms with Gasteiger partial charge in [0.25, 0.3) is 0 Å². The molecule has 0 aliphatic heterocycles. The van der Waals surface area contributed by atoms with Crippen LogP contribution in [0.2, 0.25) is 0 Å². The van der Waals surface area contributed by atoms with Gasteiger partial charge in [-0.25, -0.2) is 4.68 Å². The molecule has 0 spiro atoms. The van der Waals surface area contributed by atoms with Crippen molar-refractivity contribution in [2.24, 2.45) is 0 Å². The molecule has 3 rings (SSSR count). The molecule has 0 unspecified atom stereocenters. The topological polar surface area (TPSA) is 47.8 Å². The SMILES string of the molecule is O=C1CCCc2c1cnn2-c1ccncc1. The molecule has 80 valence electrons. The van der Waals surface area contributed by atoms with Gasteiger partial charge >= 0.3 is 0 Å². The maximum Gasteiger partial charge on any atom is 0.166 e. The summed E-state index contributed by atoms with van der Waals surface area (Å²) in [5, 5.41) is 4.29. The van der Waals surface area contributed by atoms with Crippen molar-refractivity contribution in [3.63, 3.8) is 0 Å². The van der Waals surface area contributed by atoms with Gasteiger partial charge < -0.3 is 0 Å². The molecule has 0 N–H and O–H groups in total. The zero-order chi connectivity index (χ0) is 11.0. The summed E-state index contributed by atoms with van der Waals surface area (Å²) in [5.74, 6) is 0.210. The number of hydrogen-bond donors (Lipinski definition) is 0. The number of carbonyl (C=O) groups excluding carboxylic acids is 1. The molecule has 2 heterocycles. The Morgan fingerprint density at radius 3 is 2.81 bits per heavy atom. The second-order valence-electron chi connectivity index (χ2n) is 3.90. The number of Topliss-reactive ketones (excluding diaryl/α,β-unsaturated/α-hetero) is 1. The molecular weight excluding hydrogens is 202 g/mol. The summed E-state index contributed by atoms with van der Waals surface area (Å²) in [6.45, 7) is 0. The van der Waals surface area contributed by atoms with E-state index in [-0.39, 0.29) is 5.78 Å². The van der Waals surface area contributed by atoms with Gasteiger partial charge in [0, 0.05) is 18.8 Å². The van der Waals surface area contributed by atoms with Crippen LogP contribution in [-0.4, -0.2) is 20.5 Å². The first-order chi connectivity index (χ1) is 7.86. The first-order valence-electron chi connectivity index (χ1n) is 5.37. The zero-order valence-corrected chi connectivity index (χ0v) is 8.76. The average Bonchev–Trinajstić information content (AvgIpc) is 2.75. The fourth-order valence-electron chi connectivity index (χ4n) is 2.11. The van der Waals surface area contributed by atoms with Crippen LogP contribution >= 0.6 is 0 Å². The molecule has 4 heteroatoms. The van der Waals surface area contributed by atoms with Crippen molar-refractivity contribution in [2.75, 3.05) is 0 Å². The van der Waals surface area contributed by atoms with Crippen molar-refractivity contribution in [1.82, 2.24) is 14.8 Å². The lowest BCUT2D eigenvalue weighted by Gasteiger charge is -2.12. The molecule has 0 amide bonds. The van der Waals surface area contributed by atoms with Crippen molar-refractivity contribution in [3.05, 3.63) is 42.0 Å². The smallest absolute Gasteiger partial charge is 0.166 e. The molecule has 0 bridgehead atoms. The summed E-state index contributed by atoms with van der Waals surface area (Å²) in [6, 6.07) is 3.79. The van der Waals surface area contributed by atoms with Gasteiger partial charge in [0.05, 0.1) is 23.1 Å². The molecule has 0 fully saturated rings. The Morgan fingerprint density at radius 1 is 1.19 bits per heavy atom. The van der Waals surface area contributed by atoms with Crippen LogP contribution in [0.1, 0.15) is 28.9 Å². The number of rotatable bonds is 1. The fourth-order valence-corrected chi connectivity index (χ4v) is 2.11. The van der Waals surface area contributed by atoms with Gasteiger partial charge in [0.1, 0.15) is 0 Å². The number of fused-ring (bicyclic) bond motifs is 1. The van der Waals surface area contributed by atoms with Gasteiger partial charge in [-0.3, -0.25) is 9.78 Å². The van der Waals surface area contributed by atoms with Gasteiger partial charge in [0.2, 0.25) is 0 Å². The monoisotopic (exact) mass is 213 g/mol. The molecule has 0 atom stereocenters. The second-order valence-corrected chi connectivity index (χ2v) is 3.90. The molecular formula is C12H11N3O. The first kappa shape index (κ1) is 9.27. The summed E-state index contributed by atoms with van der Waals surface area (Å²) in [4.78, 5) is 15.6. The van der Waals surface area contributed by atoms with Gasteiger partial charge in [-0.05, 0) is 25.0 Å². The van der Waals surface area contributed by atoms with Crippen LogP contribution in [0.15, 0.2) is 30.7 Å². The minimum absolute atomic E-state index is 0.210. The van der Waals surface area contributed by atoms with E-state index in [4.69, 9.17) is 0 Å². The first-order valence-corrected chi connectivity index (χ1v) is 5.37. The van der Waals surface area contributed by atoms with E-state index in [0.29, 0.717) is 6.42 Å². The normalized spacial score (nSPS) is 14.9. The highest BCUT2D eigenvalue weighted by Gasteiger charge is 2.22. The standard InChI is InChI=1S/C12H11N3O/c16-12-3-1-2-11-10(12)8-14-15(11)9-4-6-13-7-5-9/h4-8H,1-3H2. The van der Waals surface area contributed by atoms with Crippen LogP contribution in [0, 0.1) is 0 Å². The molecule has 1 aliphatic carbocycles. The maximum absolute atomic E-state index is 11.7. The Balaban J connectivity index is 2.13. The van der Waals surface area contributed by atoms with Gasteiger partial charge in [-0.2, -0.15) is 5.10 Å². The summed E-state index contributed by atoms with van der Waals surface area (Å²) >= 11 is 0. The van der Waals surface area contributed by atoms with Gasteiger partial charge in [-0.15, -0.1) is 0 Å². The third-order valence-electron chi connectivity index (χ3n) is 2.89. The molecule has 4 nitrogen and oxygen atoms in total. The molecule has 2 aromatic rings. The van der Waals surface area contributed by atoms with Crippen LogP contribution < -0.4 is 0 Å². The molecule has 1 aliphatic rings. The number of hydrogen-bond acceptors (Lipinski definition) is 3. The molecule has 2 aromatic heterocycles. The highest BCUT2D eigenvalue weighted by Crippen LogP contribution is 2.23. The van der Waals surface area contributed by atoms with Crippen molar-refractivity contribution in [1.29, 1.82) is 0 Å². The number of nitrogens with zero attached hydrogens (tertiary/aromatic N) is 3. The Kier molecular flexibility index (Phi) is 2.06. The molecule has 16 heavy (non-hydrogen) atoms. The van der Waals surface area contributed by atoms with E-state index in [1.165, 1.54) is 0 Å². The minimum atomic E-state index is 0.210. The van der Waals surface area contributed by atoms with E-state index in [9.17, 15) is 4.79 Å². The summed E-state index contributed by atoms with van der Waals surface area (Å²) in [7, 11) is 0. The van der Waals surface area contributed by atoms with Crippen LogP contribution in [0.4, 0.5) is 0 Å². The van der Waals surface area contributed by atoms with Crippen molar-refractivity contribution in [3.8, 4) is 5.69 Å². The van der Waals surface area contributed by atoms with Crippen LogP contribution in [0.3, 0.4) is 0 Å². The zero-order valence-electron chi connectivity index (χ0n) is 8.76. The van der Waals surface area contributed by atoms with Crippen molar-refractivity contribution in [2.45, 2.75) is 19.3 Å². The van der Waals surface area contributed by atoms with E-state index in [2.05, 4.69) is 10.1 Å². The van der Waals surface area contributed by atoms with Gasteiger partial charge in [0.15, 0.2) is 5.78 Å². The number of pyridine rings is 1. The van der Waals surface area contributed by atoms with Crippen LogP contribution in [0.5, 0.6) is 0 Å². The third kappa shape index (κ3) is 1.34. The Morgan fingerprint density at radius 2 is 2.00 bits per heavy atom. The maximum atomic E-state index is 11.7. The highest BCUT2D eigenvalue weighted by molar-refractivity contribution is 5.97. The minimum Gasteiger partial charge on any atom is -0.294 e. The van der Waals surface area contributed by atoms with E-state index >= 15 is 0 Å². The highest BCUT2D eigenvalue weighted by atomic mass is 16.1. The lowest BCUT2D eigenvalue weighted by Crippen LogP contribution is -2.12. The quantitative estimate of drug-likeness (QED) is 0.725. The summed E-state index contributed by atoms with van der Waals surface area (Å²) in [6.07, 6.45) is 7.63. The van der Waals surface area contributed by atoms with Crippen LogP contribution in [-0.2, 0) is 6.42 Å². The Labute approximate surface area is 92.9 Å². The van der Waals surface area contributed by atoms with Crippen LogP contribution in [0.25, 0.3) is 5.69 Å². The average molecular weight is 213 g/mol. The molecule has 0 aromatic carbocycles. The van der Waals surface area contributed by atoms with Crippen molar-refractivity contribution < 1.29 is 4.79 Å². The van der Waals surface area contributed by atoms with E-state index in [1.807, 2.05) is 16.8 Å². The van der Waals surface area contributed by atoms with E-state index in [0.717, 1.165) is 29.8 Å². The Bertz CT molecular complexity index is 530. The molecule has 0 radical (unpaired) electrons. The molecule has 0 saturated carbocycles. The third-order valence-corrected chi connectivity index (χ3v) is 2.89. The predicted molar refractivity (Wildman–Crippen MR) is 58.6 cm³/mol. The number of carbonyl (C=O) groups is 1. The van der Waals surface area contributed by atoms with Crippen molar-refractivity contribution >= 4 is 5.78 Å². The number of ketones is 1. The summed E-state index contributed by atoms with van der Waals surface area (Å²) in [5.41, 5.74) is 2.77. The predicted octanol–water partition coefficient (Wildman–Crippen LogP) is 1.79. The van der Waals surface area contributed by atoms with Gasteiger partial charge in [-0.1, -0.05) is 0 Å². The van der Waals surface area contributed by atoms with E-state index in [1.54, 1.807) is 18.6 Å². The number of aromatic nitrogens is 3. The molecule has 0 saturated heterocycles. The summed E-state index contributed by atoms with van der Waals surface area (Å²) < 4.78 is 1.84. The lowest BCUT2D eigenvalue weighted by molar-refractivity contribution is 0.0972. The Hall–Kier alpha value is -1.97.